The summed E-state index contributed by atoms with van der Waals surface area (Å²) in [5.74, 6) is -0.147. The summed E-state index contributed by atoms with van der Waals surface area (Å²) in [4.78, 5) is 13.1. The lowest BCUT2D eigenvalue weighted by molar-refractivity contribution is -0.135. The Kier molecular flexibility index (Phi) is 5.00. The molecule has 0 fully saturated rings. The maximum absolute atomic E-state index is 12.0. The van der Waals surface area contributed by atoms with Crippen LogP contribution in [0, 0.1) is 5.41 Å². The van der Waals surface area contributed by atoms with Crippen molar-refractivity contribution in [1.29, 1.82) is 0 Å². The van der Waals surface area contributed by atoms with Gasteiger partial charge in [0, 0.05) is 15.6 Å². The van der Waals surface area contributed by atoms with Crippen molar-refractivity contribution in [3.05, 3.63) is 29.8 Å². The predicted molar refractivity (Wildman–Crippen MR) is 76.9 cm³/mol. The van der Waals surface area contributed by atoms with Crippen molar-refractivity contribution in [2.75, 3.05) is 0 Å². The number of ketones is 1. The van der Waals surface area contributed by atoms with Crippen LogP contribution >= 0.6 is 11.8 Å². The van der Waals surface area contributed by atoms with Crippen molar-refractivity contribution in [2.45, 2.75) is 50.9 Å². The Hall–Kier alpha value is -0.800. The predicted octanol–water partition coefficient (Wildman–Crippen LogP) is 3.84. The third-order valence-electron chi connectivity index (χ3n) is 2.56. The SMILES string of the molecule is CC(C)Sc1ccc(C(O)C(=O)C(C)(C)C)cc1. The zero-order chi connectivity index (χ0) is 13.9. The summed E-state index contributed by atoms with van der Waals surface area (Å²) in [6.45, 7) is 9.73. The van der Waals surface area contributed by atoms with Crippen LogP contribution in [0.15, 0.2) is 29.2 Å². The first-order valence-corrected chi connectivity index (χ1v) is 7.09. The molecule has 0 aliphatic heterocycles. The molecule has 0 heterocycles. The van der Waals surface area contributed by atoms with Crippen LogP contribution in [0.3, 0.4) is 0 Å². The second-order valence-electron chi connectivity index (χ2n) is 5.75. The maximum Gasteiger partial charge on any atom is 0.171 e. The number of Topliss-reactive ketones (excluding diaryl/α,β-unsaturated/α-hetero) is 1. The number of hydrogen-bond acceptors (Lipinski definition) is 3. The first-order chi connectivity index (χ1) is 8.21. The average Bonchev–Trinajstić information content (AvgIpc) is 2.26. The fourth-order valence-corrected chi connectivity index (χ4v) is 2.40. The highest BCUT2D eigenvalue weighted by molar-refractivity contribution is 7.99. The van der Waals surface area contributed by atoms with Gasteiger partial charge < -0.3 is 5.11 Å². The van der Waals surface area contributed by atoms with E-state index in [-0.39, 0.29) is 5.78 Å². The van der Waals surface area contributed by atoms with Crippen molar-refractivity contribution in [3.8, 4) is 0 Å². The summed E-state index contributed by atoms with van der Waals surface area (Å²) in [6, 6.07) is 7.58. The maximum atomic E-state index is 12.0. The number of aliphatic hydroxyl groups excluding tert-OH is 1. The van der Waals surface area contributed by atoms with Crippen LogP contribution in [0.1, 0.15) is 46.3 Å². The lowest BCUT2D eigenvalue weighted by Crippen LogP contribution is -2.26. The molecule has 0 radical (unpaired) electrons. The normalized spacial score (nSPS) is 13.7. The summed E-state index contributed by atoms with van der Waals surface area (Å²) in [5, 5.41) is 10.6. The molecule has 1 aromatic carbocycles. The highest BCUT2D eigenvalue weighted by atomic mass is 32.2. The van der Waals surface area contributed by atoms with E-state index in [0.717, 1.165) is 4.90 Å². The average molecular weight is 266 g/mol. The van der Waals surface area contributed by atoms with E-state index in [1.165, 1.54) is 0 Å². The number of benzene rings is 1. The summed E-state index contributed by atoms with van der Waals surface area (Å²) >= 11 is 1.77. The molecule has 1 aromatic rings. The van der Waals surface area contributed by atoms with Crippen LogP contribution in [-0.4, -0.2) is 16.1 Å². The van der Waals surface area contributed by atoms with Gasteiger partial charge in [0.05, 0.1) is 0 Å². The molecule has 18 heavy (non-hydrogen) atoms. The van der Waals surface area contributed by atoms with Crippen LogP contribution in [0.25, 0.3) is 0 Å². The molecule has 2 nitrogen and oxygen atoms in total. The Labute approximate surface area is 114 Å². The molecule has 0 amide bonds. The number of carbonyl (C=O) groups is 1. The van der Waals surface area contributed by atoms with Gasteiger partial charge in [0.1, 0.15) is 6.10 Å². The van der Waals surface area contributed by atoms with Crippen LogP contribution in [0.5, 0.6) is 0 Å². The topological polar surface area (TPSA) is 37.3 Å². The van der Waals surface area contributed by atoms with Gasteiger partial charge in [-0.05, 0) is 17.7 Å². The van der Waals surface area contributed by atoms with E-state index in [2.05, 4.69) is 13.8 Å². The monoisotopic (exact) mass is 266 g/mol. The van der Waals surface area contributed by atoms with Gasteiger partial charge >= 0.3 is 0 Å². The first kappa shape index (κ1) is 15.3. The summed E-state index contributed by atoms with van der Waals surface area (Å²) < 4.78 is 0. The molecule has 1 N–H and O–H groups in total. The molecule has 0 aromatic heterocycles. The Morgan fingerprint density at radius 1 is 1.17 bits per heavy atom. The molecule has 0 aliphatic rings. The lowest BCUT2D eigenvalue weighted by Gasteiger charge is -2.21. The third-order valence-corrected chi connectivity index (χ3v) is 3.57. The van der Waals surface area contributed by atoms with Gasteiger partial charge in [-0.15, -0.1) is 11.8 Å². The number of hydrogen-bond donors (Lipinski definition) is 1. The molecule has 0 saturated carbocycles. The van der Waals surface area contributed by atoms with Gasteiger partial charge in [-0.3, -0.25) is 4.79 Å². The molecule has 3 heteroatoms. The van der Waals surface area contributed by atoms with Gasteiger partial charge in [0.25, 0.3) is 0 Å². The third kappa shape index (κ3) is 4.14. The lowest BCUT2D eigenvalue weighted by atomic mass is 9.85. The van der Waals surface area contributed by atoms with E-state index in [1.807, 2.05) is 45.0 Å². The van der Waals surface area contributed by atoms with Gasteiger partial charge in [-0.2, -0.15) is 0 Å². The zero-order valence-corrected chi connectivity index (χ0v) is 12.5. The highest BCUT2D eigenvalue weighted by Gasteiger charge is 2.29. The number of thioether (sulfide) groups is 1. The number of carbonyl (C=O) groups excluding carboxylic acids is 1. The number of rotatable bonds is 4. The van der Waals surface area contributed by atoms with Crippen LogP contribution < -0.4 is 0 Å². The highest BCUT2D eigenvalue weighted by Crippen LogP contribution is 2.28. The smallest absolute Gasteiger partial charge is 0.171 e. The second kappa shape index (κ2) is 5.89. The Morgan fingerprint density at radius 3 is 2.06 bits per heavy atom. The van der Waals surface area contributed by atoms with E-state index in [0.29, 0.717) is 10.8 Å². The van der Waals surface area contributed by atoms with E-state index in [9.17, 15) is 9.90 Å². The molecule has 0 aliphatic carbocycles. The summed E-state index contributed by atoms with van der Waals surface area (Å²) in [5.41, 5.74) is 0.146. The first-order valence-electron chi connectivity index (χ1n) is 6.21. The summed E-state index contributed by atoms with van der Waals surface area (Å²) in [7, 11) is 0. The molecule has 1 rings (SSSR count). The molecule has 0 bridgehead atoms. The van der Waals surface area contributed by atoms with Crippen molar-refractivity contribution in [1.82, 2.24) is 0 Å². The largest absolute Gasteiger partial charge is 0.381 e. The van der Waals surface area contributed by atoms with E-state index < -0.39 is 11.5 Å². The summed E-state index contributed by atoms with van der Waals surface area (Å²) in [6.07, 6.45) is -1.02. The fraction of sp³-hybridized carbons (Fsp3) is 0.533. The zero-order valence-electron chi connectivity index (χ0n) is 11.7. The molecule has 1 atom stereocenters. The van der Waals surface area contributed by atoms with Gasteiger partial charge in [-0.1, -0.05) is 46.8 Å². The molecule has 0 spiro atoms. The van der Waals surface area contributed by atoms with E-state index in [1.54, 1.807) is 11.8 Å². The minimum atomic E-state index is -1.02. The Morgan fingerprint density at radius 2 is 1.67 bits per heavy atom. The van der Waals surface area contributed by atoms with Crippen LogP contribution in [0.4, 0.5) is 0 Å². The van der Waals surface area contributed by atoms with Crippen molar-refractivity contribution in [3.63, 3.8) is 0 Å². The van der Waals surface area contributed by atoms with Gasteiger partial charge in [-0.25, -0.2) is 0 Å². The van der Waals surface area contributed by atoms with Crippen molar-refractivity contribution in [2.24, 2.45) is 5.41 Å². The quantitative estimate of drug-likeness (QED) is 0.841. The minimum Gasteiger partial charge on any atom is -0.381 e. The van der Waals surface area contributed by atoms with Crippen LogP contribution in [-0.2, 0) is 4.79 Å². The van der Waals surface area contributed by atoms with E-state index in [4.69, 9.17) is 0 Å². The second-order valence-corrected chi connectivity index (χ2v) is 7.40. The van der Waals surface area contributed by atoms with E-state index >= 15 is 0 Å². The van der Waals surface area contributed by atoms with Crippen LogP contribution in [0.2, 0.25) is 0 Å². The van der Waals surface area contributed by atoms with Gasteiger partial charge in [0.2, 0.25) is 0 Å². The Balaban J connectivity index is 2.82. The van der Waals surface area contributed by atoms with Gasteiger partial charge in [0.15, 0.2) is 5.78 Å². The van der Waals surface area contributed by atoms with Crippen molar-refractivity contribution < 1.29 is 9.90 Å². The van der Waals surface area contributed by atoms with Crippen molar-refractivity contribution >= 4 is 17.5 Å². The molecule has 0 saturated heterocycles. The standard InChI is InChI=1S/C15H22O2S/c1-10(2)18-12-8-6-11(7-9-12)13(16)14(17)15(3,4)5/h6-10,13,16H,1-5H3. The fourth-order valence-electron chi connectivity index (χ4n) is 1.56. The molecule has 100 valence electrons. The Bertz CT molecular complexity index is 401. The number of aliphatic hydroxyl groups is 1. The molecular weight excluding hydrogens is 244 g/mol. The molecular formula is C15H22O2S. The minimum absolute atomic E-state index is 0.147. The molecule has 1 unspecified atom stereocenters.